The molecule has 2 aromatic carbocycles. The fraction of sp³-hybridized carbons (Fsp3) is 0.409. The normalized spacial score (nSPS) is 14.5. The summed E-state index contributed by atoms with van der Waals surface area (Å²) in [5.74, 6) is -1.10. The van der Waals surface area contributed by atoms with E-state index in [1.165, 1.54) is 23.5 Å². The number of hydrogen-bond acceptors (Lipinski definition) is 6. The quantitative estimate of drug-likeness (QED) is 0.450. The molecule has 7 nitrogen and oxygen atoms in total. The van der Waals surface area contributed by atoms with Crippen molar-refractivity contribution in [1.29, 1.82) is 0 Å². The Balaban J connectivity index is 1.62. The van der Waals surface area contributed by atoms with Crippen molar-refractivity contribution < 1.29 is 22.3 Å². The van der Waals surface area contributed by atoms with Crippen LogP contribution in [0, 0.1) is 5.82 Å². The van der Waals surface area contributed by atoms with E-state index in [0.717, 1.165) is 44.4 Å². The highest BCUT2D eigenvalue weighted by Crippen LogP contribution is 2.20. The zero-order valence-electron chi connectivity index (χ0n) is 17.6. The topological polar surface area (TPSA) is 79.0 Å². The van der Waals surface area contributed by atoms with Gasteiger partial charge in [0.05, 0.1) is 18.4 Å². The number of nitrogens with zero attached hydrogens (tertiary/aromatic N) is 2. The Kier molecular flexibility index (Phi) is 8.39. The van der Waals surface area contributed by atoms with Gasteiger partial charge in [-0.1, -0.05) is 18.2 Å². The standard InChI is InChI=1S/C22H28FN3O4S/c1-30-22(27)19-8-7-18(21(23)15-19)5-3-11-26(31(28)29)20-6-2-4-17(14-20)16-25-12-9-24-10-13-25/h2,4,6-8,14-15,24,31H,3,5,9-13,16H2,1H3. The Morgan fingerprint density at radius 3 is 2.65 bits per heavy atom. The van der Waals surface area contributed by atoms with Crippen molar-refractivity contribution in [2.24, 2.45) is 0 Å². The first kappa shape index (κ1) is 23.2. The van der Waals surface area contributed by atoms with Gasteiger partial charge in [-0.25, -0.2) is 17.6 Å². The summed E-state index contributed by atoms with van der Waals surface area (Å²) >= 11 is 0. The van der Waals surface area contributed by atoms with Crippen LogP contribution in [0.25, 0.3) is 0 Å². The summed E-state index contributed by atoms with van der Waals surface area (Å²) in [7, 11) is -1.58. The summed E-state index contributed by atoms with van der Waals surface area (Å²) in [6.45, 7) is 4.85. The van der Waals surface area contributed by atoms with Gasteiger partial charge in [0.1, 0.15) is 5.82 Å². The molecule has 9 heteroatoms. The monoisotopic (exact) mass is 449 g/mol. The first-order valence-corrected chi connectivity index (χ1v) is 11.4. The Hall–Kier alpha value is -2.49. The molecular weight excluding hydrogens is 421 g/mol. The van der Waals surface area contributed by atoms with Gasteiger partial charge in [-0.05, 0) is 48.2 Å². The van der Waals surface area contributed by atoms with Gasteiger partial charge in [0.25, 0.3) is 0 Å². The van der Waals surface area contributed by atoms with Crippen LogP contribution in [-0.2, 0) is 28.6 Å². The lowest BCUT2D eigenvalue weighted by Crippen LogP contribution is -2.42. The van der Waals surface area contributed by atoms with Gasteiger partial charge in [-0.15, -0.1) is 0 Å². The second kappa shape index (κ2) is 11.2. The van der Waals surface area contributed by atoms with Crippen molar-refractivity contribution in [2.45, 2.75) is 19.4 Å². The Labute approximate surface area is 183 Å². The van der Waals surface area contributed by atoms with Crippen LogP contribution in [0.15, 0.2) is 42.5 Å². The van der Waals surface area contributed by atoms with Crippen LogP contribution in [0.3, 0.4) is 0 Å². The molecule has 1 fully saturated rings. The van der Waals surface area contributed by atoms with Crippen molar-refractivity contribution in [3.63, 3.8) is 0 Å². The average Bonchev–Trinajstić information content (AvgIpc) is 2.77. The number of piperazine rings is 1. The third kappa shape index (κ3) is 6.49. The molecule has 1 saturated heterocycles. The number of aryl methyl sites for hydroxylation is 1. The number of carbonyl (C=O) groups is 1. The van der Waals surface area contributed by atoms with Crippen LogP contribution in [0.5, 0.6) is 0 Å². The van der Waals surface area contributed by atoms with E-state index in [0.29, 0.717) is 24.1 Å². The number of methoxy groups -OCH3 is 1. The molecule has 1 heterocycles. The van der Waals surface area contributed by atoms with E-state index in [4.69, 9.17) is 0 Å². The summed E-state index contributed by atoms with van der Waals surface area (Å²) in [5.41, 5.74) is 2.26. The number of thiol groups is 1. The first-order valence-electron chi connectivity index (χ1n) is 10.3. The molecule has 1 N–H and O–H groups in total. The molecule has 1 aliphatic heterocycles. The molecule has 0 atom stereocenters. The van der Waals surface area contributed by atoms with E-state index < -0.39 is 22.7 Å². The maximum absolute atomic E-state index is 14.3. The molecule has 0 saturated carbocycles. The van der Waals surface area contributed by atoms with Crippen LogP contribution in [0.2, 0.25) is 0 Å². The third-order valence-electron chi connectivity index (χ3n) is 5.31. The number of halogens is 1. The van der Waals surface area contributed by atoms with Gasteiger partial charge in [-0.2, -0.15) is 0 Å². The molecule has 2 aromatic rings. The minimum Gasteiger partial charge on any atom is -0.465 e. The van der Waals surface area contributed by atoms with Crippen molar-refractivity contribution in [1.82, 2.24) is 10.2 Å². The largest absolute Gasteiger partial charge is 0.465 e. The highest BCUT2D eigenvalue weighted by molar-refractivity contribution is 7.74. The second-order valence-electron chi connectivity index (χ2n) is 7.46. The number of benzene rings is 2. The lowest BCUT2D eigenvalue weighted by atomic mass is 10.1. The van der Waals surface area contributed by atoms with Gasteiger partial charge < -0.3 is 10.1 Å². The molecule has 168 valence electrons. The van der Waals surface area contributed by atoms with Crippen LogP contribution in [0.4, 0.5) is 10.1 Å². The number of anilines is 1. The van der Waals surface area contributed by atoms with E-state index in [1.807, 2.05) is 18.2 Å². The van der Waals surface area contributed by atoms with Crippen molar-refractivity contribution in [3.05, 3.63) is 65.0 Å². The molecule has 0 radical (unpaired) electrons. The molecule has 31 heavy (non-hydrogen) atoms. The first-order chi connectivity index (χ1) is 15.0. The number of esters is 1. The molecule has 1 aliphatic rings. The molecular formula is C22H28FN3O4S. The predicted molar refractivity (Wildman–Crippen MR) is 118 cm³/mol. The summed E-state index contributed by atoms with van der Waals surface area (Å²) in [6.07, 6.45) is 0.799. The minimum absolute atomic E-state index is 0.148. The smallest absolute Gasteiger partial charge is 0.337 e. The molecule has 0 unspecified atom stereocenters. The number of nitrogens with one attached hydrogen (secondary N) is 1. The van der Waals surface area contributed by atoms with Gasteiger partial charge in [-0.3, -0.25) is 9.21 Å². The summed E-state index contributed by atoms with van der Waals surface area (Å²) in [6, 6.07) is 11.7. The van der Waals surface area contributed by atoms with Crippen molar-refractivity contribution >= 4 is 22.5 Å². The lowest BCUT2D eigenvalue weighted by Gasteiger charge is -2.27. The number of ether oxygens (including phenoxy) is 1. The number of rotatable bonds is 9. The second-order valence-corrected chi connectivity index (χ2v) is 8.42. The fourth-order valence-electron chi connectivity index (χ4n) is 3.66. The highest BCUT2D eigenvalue weighted by Gasteiger charge is 2.14. The average molecular weight is 450 g/mol. The highest BCUT2D eigenvalue weighted by atomic mass is 32.2. The van der Waals surface area contributed by atoms with E-state index in [-0.39, 0.29) is 12.1 Å². The molecule has 0 spiro atoms. The predicted octanol–water partition coefficient (Wildman–Crippen LogP) is 1.98. The van der Waals surface area contributed by atoms with Crippen LogP contribution < -0.4 is 9.62 Å². The van der Waals surface area contributed by atoms with E-state index in [2.05, 4.69) is 15.0 Å². The zero-order chi connectivity index (χ0) is 22.2. The van der Waals surface area contributed by atoms with E-state index in [1.54, 1.807) is 6.07 Å². The number of carbonyl (C=O) groups excluding carboxylic acids is 1. The van der Waals surface area contributed by atoms with Gasteiger partial charge in [0.2, 0.25) is 10.9 Å². The number of hydrogen-bond donors (Lipinski definition) is 2. The van der Waals surface area contributed by atoms with E-state index in [9.17, 15) is 17.6 Å². The fourth-order valence-corrected chi connectivity index (χ4v) is 4.28. The molecule has 0 aliphatic carbocycles. The van der Waals surface area contributed by atoms with Gasteiger partial charge in [0.15, 0.2) is 0 Å². The van der Waals surface area contributed by atoms with Crippen LogP contribution in [-0.4, -0.2) is 59.1 Å². The SMILES string of the molecule is COC(=O)c1ccc(CCCN(c2cccc(CN3CCNCC3)c2)[SH](=O)=O)c(F)c1. The van der Waals surface area contributed by atoms with Crippen molar-refractivity contribution in [2.75, 3.05) is 44.1 Å². The maximum atomic E-state index is 14.3. The molecule has 0 bridgehead atoms. The van der Waals surface area contributed by atoms with Crippen molar-refractivity contribution in [3.8, 4) is 0 Å². The summed E-state index contributed by atoms with van der Waals surface area (Å²) < 4.78 is 44.0. The summed E-state index contributed by atoms with van der Waals surface area (Å²) in [5, 5.41) is 3.32. The molecule has 3 rings (SSSR count). The minimum atomic E-state index is -2.82. The zero-order valence-corrected chi connectivity index (χ0v) is 18.4. The maximum Gasteiger partial charge on any atom is 0.337 e. The van der Waals surface area contributed by atoms with Gasteiger partial charge in [0, 0.05) is 39.3 Å². The lowest BCUT2D eigenvalue weighted by molar-refractivity contribution is 0.0600. The Morgan fingerprint density at radius 1 is 1.19 bits per heavy atom. The Morgan fingerprint density at radius 2 is 1.97 bits per heavy atom. The van der Waals surface area contributed by atoms with Crippen LogP contribution in [0.1, 0.15) is 27.9 Å². The summed E-state index contributed by atoms with van der Waals surface area (Å²) in [4.78, 5) is 13.8. The van der Waals surface area contributed by atoms with Crippen LogP contribution >= 0.6 is 0 Å². The third-order valence-corrected chi connectivity index (χ3v) is 6.14. The van der Waals surface area contributed by atoms with E-state index >= 15 is 0 Å². The molecule has 0 aromatic heterocycles. The Bertz CT molecular complexity index is 969. The van der Waals surface area contributed by atoms with Gasteiger partial charge >= 0.3 is 5.97 Å². The molecule has 0 amide bonds.